The average molecular weight is 452 g/mol. The minimum atomic E-state index is -0.544. The molecular formula is C20H19Cl2N3O3S. The van der Waals surface area contributed by atoms with Crippen LogP contribution < -0.4 is 25.4 Å². The second-order valence-corrected chi connectivity index (χ2v) is 7.51. The van der Waals surface area contributed by atoms with Gasteiger partial charge in [-0.25, -0.2) is 0 Å². The molecule has 3 N–H and O–H groups in total. The van der Waals surface area contributed by atoms with E-state index >= 15 is 0 Å². The number of hydrogen-bond acceptors (Lipinski definition) is 4. The topological polar surface area (TPSA) is 71.6 Å². The average Bonchev–Trinajstić information content (AvgIpc) is 2.67. The van der Waals surface area contributed by atoms with Gasteiger partial charge in [-0.2, -0.15) is 0 Å². The van der Waals surface area contributed by atoms with Crippen molar-refractivity contribution in [2.75, 3.05) is 19.5 Å². The summed E-state index contributed by atoms with van der Waals surface area (Å²) in [6.07, 6.45) is 0. The van der Waals surface area contributed by atoms with Crippen LogP contribution in [0.25, 0.3) is 0 Å². The van der Waals surface area contributed by atoms with Crippen molar-refractivity contribution < 1.29 is 14.3 Å². The number of ether oxygens (including phenoxy) is 2. The van der Waals surface area contributed by atoms with Crippen molar-refractivity contribution in [3.05, 3.63) is 63.3 Å². The lowest BCUT2D eigenvalue weighted by Crippen LogP contribution is -2.45. The van der Waals surface area contributed by atoms with Gasteiger partial charge in [0.1, 0.15) is 11.5 Å². The number of anilines is 1. The van der Waals surface area contributed by atoms with E-state index in [-0.39, 0.29) is 5.91 Å². The Bertz CT molecular complexity index is 1010. The molecular weight excluding hydrogens is 433 g/mol. The lowest BCUT2D eigenvalue weighted by molar-refractivity contribution is -0.113. The van der Waals surface area contributed by atoms with Gasteiger partial charge in [0.25, 0.3) is 5.91 Å². The third-order valence-electron chi connectivity index (χ3n) is 4.44. The molecule has 0 aliphatic carbocycles. The molecule has 1 heterocycles. The number of benzene rings is 2. The Balaban J connectivity index is 1.98. The summed E-state index contributed by atoms with van der Waals surface area (Å²) in [7, 11) is 3.08. The normalized spacial score (nSPS) is 16.0. The fraction of sp³-hybridized carbons (Fsp3) is 0.200. The van der Waals surface area contributed by atoms with Crippen LogP contribution in [0.1, 0.15) is 18.5 Å². The summed E-state index contributed by atoms with van der Waals surface area (Å²) in [6, 6.07) is 9.71. The molecule has 1 aliphatic rings. The van der Waals surface area contributed by atoms with E-state index in [1.54, 1.807) is 50.4 Å². The number of nitrogens with one attached hydrogen (secondary N) is 3. The van der Waals surface area contributed by atoms with Gasteiger partial charge < -0.3 is 25.4 Å². The van der Waals surface area contributed by atoms with E-state index in [0.717, 1.165) is 0 Å². The standard InChI is InChI=1S/C20H19Cl2N3O3S/c1-10-17(19(26)24-15-7-5-12(27-2)9-16(15)28-3)18(25-20(29)23-10)13-6-4-11(21)8-14(13)22/h4-9,18H,1-3H3,(H,24,26)(H2,23,25,29)/t18-/m0/s1. The second-order valence-electron chi connectivity index (χ2n) is 6.26. The molecule has 0 saturated heterocycles. The van der Waals surface area contributed by atoms with E-state index < -0.39 is 6.04 Å². The Labute approximate surface area is 184 Å². The highest BCUT2D eigenvalue weighted by atomic mass is 35.5. The molecule has 29 heavy (non-hydrogen) atoms. The van der Waals surface area contributed by atoms with E-state index in [1.807, 2.05) is 0 Å². The number of carbonyl (C=O) groups excluding carboxylic acids is 1. The summed E-state index contributed by atoms with van der Waals surface area (Å²) in [6.45, 7) is 1.78. The van der Waals surface area contributed by atoms with Crippen LogP contribution in [0, 0.1) is 0 Å². The van der Waals surface area contributed by atoms with Gasteiger partial charge in [0.15, 0.2) is 5.11 Å². The van der Waals surface area contributed by atoms with Gasteiger partial charge in [-0.1, -0.05) is 29.3 Å². The first kappa shape index (κ1) is 21.2. The van der Waals surface area contributed by atoms with Crippen LogP contribution in [0.2, 0.25) is 10.0 Å². The van der Waals surface area contributed by atoms with Gasteiger partial charge in [-0.15, -0.1) is 0 Å². The van der Waals surface area contributed by atoms with Gasteiger partial charge in [0.05, 0.1) is 31.5 Å². The quantitative estimate of drug-likeness (QED) is 0.583. The van der Waals surface area contributed by atoms with E-state index in [4.69, 9.17) is 44.9 Å². The molecule has 0 spiro atoms. The van der Waals surface area contributed by atoms with Gasteiger partial charge in [0.2, 0.25) is 0 Å². The summed E-state index contributed by atoms with van der Waals surface area (Å²) in [5.41, 5.74) is 2.26. The van der Waals surface area contributed by atoms with Crippen LogP contribution in [0.4, 0.5) is 5.69 Å². The number of hydrogen-bond donors (Lipinski definition) is 3. The summed E-state index contributed by atoms with van der Waals surface area (Å²) in [5, 5.41) is 10.3. The lowest BCUT2D eigenvalue weighted by atomic mass is 9.95. The number of rotatable bonds is 5. The Hall–Kier alpha value is -2.48. The molecule has 0 aromatic heterocycles. The van der Waals surface area contributed by atoms with Crippen molar-refractivity contribution in [2.24, 2.45) is 0 Å². The zero-order valence-electron chi connectivity index (χ0n) is 15.9. The van der Waals surface area contributed by atoms with Crippen LogP contribution in [-0.2, 0) is 4.79 Å². The molecule has 0 fully saturated rings. The van der Waals surface area contributed by atoms with Gasteiger partial charge >= 0.3 is 0 Å². The maximum Gasteiger partial charge on any atom is 0.255 e. The first-order valence-electron chi connectivity index (χ1n) is 8.60. The predicted octanol–water partition coefficient (Wildman–Crippen LogP) is 4.44. The number of halogens is 2. The molecule has 1 aliphatic heterocycles. The Kier molecular flexibility index (Phi) is 6.52. The van der Waals surface area contributed by atoms with Crippen LogP contribution >= 0.6 is 35.4 Å². The summed E-state index contributed by atoms with van der Waals surface area (Å²) < 4.78 is 10.6. The van der Waals surface area contributed by atoms with Crippen molar-refractivity contribution in [1.82, 2.24) is 10.6 Å². The molecule has 0 saturated carbocycles. The minimum Gasteiger partial charge on any atom is -0.497 e. The van der Waals surface area contributed by atoms with E-state index in [9.17, 15) is 4.79 Å². The summed E-state index contributed by atoms with van der Waals surface area (Å²) >= 11 is 17.7. The van der Waals surface area contributed by atoms with Gasteiger partial charge in [-0.3, -0.25) is 4.79 Å². The molecule has 152 valence electrons. The SMILES string of the molecule is COc1ccc(NC(=O)C2=C(C)NC(=S)N[C@H]2c2ccc(Cl)cc2Cl)c(OC)c1. The van der Waals surface area contributed by atoms with Gasteiger partial charge in [0, 0.05) is 21.8 Å². The zero-order chi connectivity index (χ0) is 21.1. The van der Waals surface area contributed by atoms with Crippen molar-refractivity contribution in [1.29, 1.82) is 0 Å². The minimum absolute atomic E-state index is 0.329. The van der Waals surface area contributed by atoms with Crippen LogP contribution in [0.3, 0.4) is 0 Å². The molecule has 0 bridgehead atoms. The maximum absolute atomic E-state index is 13.2. The largest absolute Gasteiger partial charge is 0.497 e. The third kappa shape index (κ3) is 4.58. The first-order chi connectivity index (χ1) is 13.8. The van der Waals surface area contributed by atoms with Crippen LogP contribution in [0.15, 0.2) is 47.7 Å². The molecule has 1 atom stereocenters. The molecule has 6 nitrogen and oxygen atoms in total. The van der Waals surface area contributed by atoms with Gasteiger partial charge in [-0.05, 0) is 49.0 Å². The molecule has 9 heteroatoms. The summed E-state index contributed by atoms with van der Waals surface area (Å²) in [4.78, 5) is 13.2. The summed E-state index contributed by atoms with van der Waals surface area (Å²) in [5.74, 6) is 0.765. The Morgan fingerprint density at radius 3 is 2.55 bits per heavy atom. The van der Waals surface area contributed by atoms with Crippen molar-refractivity contribution in [3.8, 4) is 11.5 Å². The molecule has 2 aromatic rings. The first-order valence-corrected chi connectivity index (χ1v) is 9.77. The third-order valence-corrected chi connectivity index (χ3v) is 5.23. The smallest absolute Gasteiger partial charge is 0.255 e. The Morgan fingerprint density at radius 2 is 1.90 bits per heavy atom. The highest BCUT2D eigenvalue weighted by Gasteiger charge is 2.31. The number of carbonyl (C=O) groups is 1. The van der Waals surface area contributed by atoms with Crippen molar-refractivity contribution in [3.63, 3.8) is 0 Å². The van der Waals surface area contributed by atoms with Crippen molar-refractivity contribution in [2.45, 2.75) is 13.0 Å². The Morgan fingerprint density at radius 1 is 1.14 bits per heavy atom. The fourth-order valence-electron chi connectivity index (χ4n) is 3.06. The lowest BCUT2D eigenvalue weighted by Gasteiger charge is -2.31. The maximum atomic E-state index is 13.2. The highest BCUT2D eigenvalue weighted by Crippen LogP contribution is 2.35. The van der Waals surface area contributed by atoms with Crippen LogP contribution in [0.5, 0.6) is 11.5 Å². The number of allylic oxidation sites excluding steroid dienone is 1. The molecule has 0 unspecified atom stereocenters. The molecule has 0 radical (unpaired) electrons. The van der Waals surface area contributed by atoms with Crippen molar-refractivity contribution >= 4 is 52.1 Å². The second kappa shape index (κ2) is 8.90. The number of methoxy groups -OCH3 is 2. The number of thiocarbonyl (C=S) groups is 1. The molecule has 2 aromatic carbocycles. The number of amides is 1. The van der Waals surface area contributed by atoms with E-state index in [1.165, 1.54) is 7.11 Å². The monoisotopic (exact) mass is 451 g/mol. The van der Waals surface area contributed by atoms with E-state index in [0.29, 0.717) is 49.2 Å². The van der Waals surface area contributed by atoms with E-state index in [2.05, 4.69) is 16.0 Å². The predicted molar refractivity (Wildman–Crippen MR) is 119 cm³/mol. The fourth-order valence-corrected chi connectivity index (χ4v) is 3.84. The highest BCUT2D eigenvalue weighted by molar-refractivity contribution is 7.80. The van der Waals surface area contributed by atoms with Crippen LogP contribution in [-0.4, -0.2) is 25.2 Å². The molecule has 1 amide bonds. The zero-order valence-corrected chi connectivity index (χ0v) is 18.3. The molecule has 3 rings (SSSR count).